The quantitative estimate of drug-likeness (QED) is 0.788. The first-order valence-corrected chi connectivity index (χ1v) is 5.59. The third-order valence-corrected chi connectivity index (χ3v) is 3.39. The fraction of sp³-hybridized carbons (Fsp3) is 0.364. The molecule has 1 aliphatic rings. The summed E-state index contributed by atoms with van der Waals surface area (Å²) >= 11 is 3.50. The number of methoxy groups -OCH3 is 1. The minimum absolute atomic E-state index is 0.198. The molecule has 0 unspecified atom stereocenters. The molecule has 1 N–H and O–H groups in total. The fourth-order valence-electron chi connectivity index (χ4n) is 1.82. The maximum Gasteiger partial charge on any atom is 0.323 e. The van der Waals surface area contributed by atoms with E-state index in [0.29, 0.717) is 13.0 Å². The van der Waals surface area contributed by atoms with Crippen LogP contribution in [0.3, 0.4) is 0 Å². The molecule has 0 spiro atoms. The molecular formula is C11H12BrNO2. The predicted molar refractivity (Wildman–Crippen MR) is 60.5 cm³/mol. The van der Waals surface area contributed by atoms with Gasteiger partial charge in [0.15, 0.2) is 0 Å². The lowest BCUT2D eigenvalue weighted by molar-refractivity contribution is -0.143. The monoisotopic (exact) mass is 269 g/mol. The lowest BCUT2D eigenvalue weighted by Gasteiger charge is -2.24. The van der Waals surface area contributed by atoms with Crippen molar-refractivity contribution in [3.05, 3.63) is 33.8 Å². The first kappa shape index (κ1) is 10.6. The van der Waals surface area contributed by atoms with Gasteiger partial charge in [-0.15, -0.1) is 0 Å². The van der Waals surface area contributed by atoms with E-state index in [1.54, 1.807) is 0 Å². The maximum atomic E-state index is 11.4. The summed E-state index contributed by atoms with van der Waals surface area (Å²) in [4.78, 5) is 11.4. The van der Waals surface area contributed by atoms with Crippen LogP contribution in [0.2, 0.25) is 0 Å². The van der Waals surface area contributed by atoms with Gasteiger partial charge in [0, 0.05) is 11.0 Å². The molecule has 1 aromatic carbocycles. The number of fused-ring (bicyclic) bond motifs is 1. The summed E-state index contributed by atoms with van der Waals surface area (Å²) in [6.45, 7) is 0.717. The Kier molecular flexibility index (Phi) is 3.07. The molecule has 0 aromatic heterocycles. The molecule has 0 aliphatic carbocycles. The Morgan fingerprint density at radius 1 is 1.60 bits per heavy atom. The standard InChI is InChI=1S/C11H12BrNO2/c1-15-11(14)10-5-8-7(6-13-10)3-2-4-9(8)12/h2-4,10,13H,5-6H2,1H3/t10-/m0/s1. The molecule has 1 aromatic rings. The van der Waals surface area contributed by atoms with Gasteiger partial charge in [0.05, 0.1) is 7.11 Å². The van der Waals surface area contributed by atoms with E-state index in [1.165, 1.54) is 18.2 Å². The van der Waals surface area contributed by atoms with Crippen LogP contribution in [0.1, 0.15) is 11.1 Å². The summed E-state index contributed by atoms with van der Waals surface area (Å²) in [7, 11) is 1.42. The first-order valence-electron chi connectivity index (χ1n) is 4.80. The highest BCUT2D eigenvalue weighted by Crippen LogP contribution is 2.25. The van der Waals surface area contributed by atoms with Crippen molar-refractivity contribution < 1.29 is 9.53 Å². The number of rotatable bonds is 1. The lowest BCUT2D eigenvalue weighted by atomic mass is 9.96. The van der Waals surface area contributed by atoms with Crippen molar-refractivity contribution in [2.24, 2.45) is 0 Å². The summed E-state index contributed by atoms with van der Waals surface area (Å²) in [5.74, 6) is -0.198. The van der Waals surface area contributed by atoms with Gasteiger partial charge in [0.25, 0.3) is 0 Å². The highest BCUT2D eigenvalue weighted by molar-refractivity contribution is 9.10. The minimum atomic E-state index is -0.221. The Bertz CT molecular complexity index is 392. The van der Waals surface area contributed by atoms with Crippen LogP contribution in [0, 0.1) is 0 Å². The second-order valence-electron chi connectivity index (χ2n) is 3.54. The predicted octanol–water partition coefficient (Wildman–Crippen LogP) is 1.64. The molecule has 80 valence electrons. The molecule has 1 aliphatic heterocycles. The second kappa shape index (κ2) is 4.33. The van der Waals surface area contributed by atoms with Gasteiger partial charge < -0.3 is 10.1 Å². The van der Waals surface area contributed by atoms with E-state index in [4.69, 9.17) is 4.74 Å². The summed E-state index contributed by atoms with van der Waals surface area (Å²) in [5.41, 5.74) is 2.44. The Morgan fingerprint density at radius 3 is 3.13 bits per heavy atom. The van der Waals surface area contributed by atoms with Crippen LogP contribution < -0.4 is 5.32 Å². The highest BCUT2D eigenvalue weighted by atomic mass is 79.9. The maximum absolute atomic E-state index is 11.4. The molecule has 0 saturated heterocycles. The van der Waals surface area contributed by atoms with Gasteiger partial charge in [-0.05, 0) is 23.6 Å². The Balaban J connectivity index is 2.26. The van der Waals surface area contributed by atoms with E-state index in [1.807, 2.05) is 12.1 Å². The van der Waals surface area contributed by atoms with E-state index in [2.05, 4.69) is 27.3 Å². The zero-order valence-electron chi connectivity index (χ0n) is 8.42. The van der Waals surface area contributed by atoms with E-state index in [9.17, 15) is 4.79 Å². The summed E-state index contributed by atoms with van der Waals surface area (Å²) in [6.07, 6.45) is 0.684. The van der Waals surface area contributed by atoms with E-state index < -0.39 is 0 Å². The van der Waals surface area contributed by atoms with Crippen LogP contribution in [-0.4, -0.2) is 19.1 Å². The van der Waals surface area contributed by atoms with Crippen molar-refractivity contribution in [2.75, 3.05) is 7.11 Å². The smallest absolute Gasteiger partial charge is 0.323 e. The topological polar surface area (TPSA) is 38.3 Å². The lowest BCUT2D eigenvalue weighted by Crippen LogP contribution is -2.42. The van der Waals surface area contributed by atoms with Crippen molar-refractivity contribution in [3.63, 3.8) is 0 Å². The van der Waals surface area contributed by atoms with Crippen LogP contribution in [0.25, 0.3) is 0 Å². The highest BCUT2D eigenvalue weighted by Gasteiger charge is 2.25. The minimum Gasteiger partial charge on any atom is -0.468 e. The van der Waals surface area contributed by atoms with E-state index in [-0.39, 0.29) is 12.0 Å². The molecule has 1 atom stereocenters. The molecular weight excluding hydrogens is 258 g/mol. The van der Waals surface area contributed by atoms with Crippen molar-refractivity contribution in [1.82, 2.24) is 5.32 Å². The number of halogens is 1. The molecule has 0 amide bonds. The zero-order chi connectivity index (χ0) is 10.8. The summed E-state index contributed by atoms with van der Waals surface area (Å²) in [5, 5.41) is 3.16. The Morgan fingerprint density at radius 2 is 2.40 bits per heavy atom. The van der Waals surface area contributed by atoms with E-state index in [0.717, 1.165) is 4.47 Å². The van der Waals surface area contributed by atoms with Crippen molar-refractivity contribution in [3.8, 4) is 0 Å². The third-order valence-electron chi connectivity index (χ3n) is 2.65. The average Bonchev–Trinajstić information content (AvgIpc) is 2.28. The van der Waals surface area contributed by atoms with Crippen LogP contribution >= 0.6 is 15.9 Å². The summed E-state index contributed by atoms with van der Waals surface area (Å²) < 4.78 is 5.79. The number of carbonyl (C=O) groups excluding carboxylic acids is 1. The van der Waals surface area contributed by atoms with Gasteiger partial charge in [-0.2, -0.15) is 0 Å². The van der Waals surface area contributed by atoms with Crippen LogP contribution in [0.4, 0.5) is 0 Å². The number of benzene rings is 1. The van der Waals surface area contributed by atoms with Crippen molar-refractivity contribution in [2.45, 2.75) is 19.0 Å². The zero-order valence-corrected chi connectivity index (χ0v) is 10.0. The van der Waals surface area contributed by atoms with Crippen molar-refractivity contribution >= 4 is 21.9 Å². The number of hydrogen-bond acceptors (Lipinski definition) is 3. The van der Waals surface area contributed by atoms with Gasteiger partial charge >= 0.3 is 5.97 Å². The van der Waals surface area contributed by atoms with Crippen molar-refractivity contribution in [1.29, 1.82) is 0 Å². The number of hydrogen-bond donors (Lipinski definition) is 1. The normalized spacial score (nSPS) is 19.5. The average molecular weight is 270 g/mol. The molecule has 2 rings (SSSR count). The van der Waals surface area contributed by atoms with Crippen LogP contribution in [0.15, 0.2) is 22.7 Å². The molecule has 0 saturated carbocycles. The molecule has 0 bridgehead atoms. The Hall–Kier alpha value is -0.870. The van der Waals surface area contributed by atoms with Gasteiger partial charge in [-0.1, -0.05) is 28.1 Å². The molecule has 0 radical (unpaired) electrons. The van der Waals surface area contributed by atoms with Crippen LogP contribution in [0.5, 0.6) is 0 Å². The molecule has 15 heavy (non-hydrogen) atoms. The van der Waals surface area contributed by atoms with Gasteiger partial charge in [-0.25, -0.2) is 0 Å². The Labute approximate surface area is 96.9 Å². The number of ether oxygens (including phenoxy) is 1. The molecule has 0 fully saturated rings. The third kappa shape index (κ3) is 2.06. The SMILES string of the molecule is COC(=O)[C@@H]1Cc2c(Br)cccc2CN1. The van der Waals surface area contributed by atoms with Gasteiger partial charge in [0.2, 0.25) is 0 Å². The van der Waals surface area contributed by atoms with Gasteiger partial charge in [-0.3, -0.25) is 4.79 Å². The van der Waals surface area contributed by atoms with Crippen LogP contribution in [-0.2, 0) is 22.5 Å². The largest absolute Gasteiger partial charge is 0.468 e. The number of esters is 1. The molecule has 1 heterocycles. The number of nitrogens with one attached hydrogen (secondary N) is 1. The first-order chi connectivity index (χ1) is 7.22. The molecule has 4 heteroatoms. The van der Waals surface area contributed by atoms with Gasteiger partial charge in [0.1, 0.15) is 6.04 Å². The molecule has 3 nitrogen and oxygen atoms in total. The van der Waals surface area contributed by atoms with E-state index >= 15 is 0 Å². The number of carbonyl (C=O) groups is 1. The second-order valence-corrected chi connectivity index (χ2v) is 4.39. The summed E-state index contributed by atoms with van der Waals surface area (Å²) in [6, 6.07) is 5.85. The fourth-order valence-corrected chi connectivity index (χ4v) is 2.39.